The van der Waals surface area contributed by atoms with Crippen LogP contribution in [0.3, 0.4) is 0 Å². The molecular weight excluding hydrogens is 324 g/mol. The molecule has 0 radical (unpaired) electrons. The average Bonchev–Trinajstić information content (AvgIpc) is 2.82. The molecule has 0 amide bonds. The summed E-state index contributed by atoms with van der Waals surface area (Å²) >= 11 is 0. The average molecular weight is 341 g/mol. The smallest absolute Gasteiger partial charge is 0.216 e. The van der Waals surface area contributed by atoms with Crippen molar-refractivity contribution in [2.45, 2.75) is 38.1 Å². The van der Waals surface area contributed by atoms with Gasteiger partial charge in [0.1, 0.15) is 17.5 Å². The van der Waals surface area contributed by atoms with Gasteiger partial charge >= 0.3 is 0 Å². The lowest BCUT2D eigenvalue weighted by Gasteiger charge is -2.24. The number of hydrogen-bond acceptors (Lipinski definition) is 3. The minimum Gasteiger partial charge on any atom is -0.333 e. The summed E-state index contributed by atoms with van der Waals surface area (Å²) in [6, 6.07) is 3.00. The van der Waals surface area contributed by atoms with E-state index in [4.69, 9.17) is 0 Å². The summed E-state index contributed by atoms with van der Waals surface area (Å²) in [4.78, 5) is 4.36. The predicted molar refractivity (Wildman–Crippen MR) is 81.2 cm³/mol. The lowest BCUT2D eigenvalue weighted by Crippen LogP contribution is -2.41. The van der Waals surface area contributed by atoms with Crippen LogP contribution in [0.2, 0.25) is 0 Å². The maximum absolute atomic E-state index is 13.6. The second-order valence-electron chi connectivity index (χ2n) is 5.76. The molecular formula is C15H17F2N3O2S. The predicted octanol–water partition coefficient (Wildman–Crippen LogP) is 1.90. The van der Waals surface area contributed by atoms with Crippen LogP contribution < -0.4 is 4.72 Å². The molecule has 1 aromatic carbocycles. The van der Waals surface area contributed by atoms with Gasteiger partial charge in [-0.1, -0.05) is 6.07 Å². The van der Waals surface area contributed by atoms with E-state index in [1.807, 2.05) is 17.7 Å². The molecule has 0 saturated carbocycles. The first-order valence-electron chi connectivity index (χ1n) is 7.29. The number of aryl methyl sites for hydroxylation is 2. The first kappa shape index (κ1) is 16.1. The molecule has 23 heavy (non-hydrogen) atoms. The van der Waals surface area contributed by atoms with Crippen molar-refractivity contribution in [1.29, 1.82) is 0 Å². The zero-order valence-corrected chi connectivity index (χ0v) is 13.4. The molecule has 5 nitrogen and oxygen atoms in total. The van der Waals surface area contributed by atoms with E-state index >= 15 is 0 Å². The Bertz CT molecular complexity index is 813. The summed E-state index contributed by atoms with van der Waals surface area (Å²) in [5, 5.41) is 0. The van der Waals surface area contributed by atoms with Gasteiger partial charge in [0, 0.05) is 30.8 Å². The first-order valence-corrected chi connectivity index (χ1v) is 8.95. The fourth-order valence-electron chi connectivity index (χ4n) is 2.84. The van der Waals surface area contributed by atoms with Crippen LogP contribution >= 0.6 is 0 Å². The van der Waals surface area contributed by atoms with Gasteiger partial charge in [-0.25, -0.2) is 26.9 Å². The highest BCUT2D eigenvalue weighted by Gasteiger charge is 2.25. The van der Waals surface area contributed by atoms with Crippen LogP contribution in [-0.2, 0) is 28.7 Å². The second kappa shape index (κ2) is 6.01. The fraction of sp³-hybridized carbons (Fsp3) is 0.400. The van der Waals surface area contributed by atoms with Crippen molar-refractivity contribution >= 4 is 10.0 Å². The molecule has 1 aromatic heterocycles. The maximum atomic E-state index is 13.6. The van der Waals surface area contributed by atoms with Crippen LogP contribution in [0.5, 0.6) is 0 Å². The Morgan fingerprint density at radius 1 is 1.35 bits per heavy atom. The highest BCUT2D eigenvalue weighted by molar-refractivity contribution is 7.88. The standard InChI is InChI=1S/C15H17F2N3O2S/c1-10-7-20-8-11(5-6-15(20)18-10)19-23(21,22)9-12-13(16)3-2-4-14(12)17/h2-4,7,11,19H,5-6,8-9H2,1H3/t11-/m0/s1. The molecule has 0 spiro atoms. The van der Waals surface area contributed by atoms with Crippen molar-refractivity contribution < 1.29 is 17.2 Å². The number of rotatable bonds is 4. The number of fused-ring (bicyclic) bond motifs is 1. The number of aromatic nitrogens is 2. The van der Waals surface area contributed by atoms with Crippen molar-refractivity contribution in [2.24, 2.45) is 0 Å². The Kier molecular flexibility index (Phi) is 4.20. The molecule has 1 atom stereocenters. The van der Waals surface area contributed by atoms with E-state index in [9.17, 15) is 17.2 Å². The van der Waals surface area contributed by atoms with Gasteiger partial charge in [-0.2, -0.15) is 0 Å². The second-order valence-corrected chi connectivity index (χ2v) is 7.52. The summed E-state index contributed by atoms with van der Waals surface area (Å²) in [6.07, 6.45) is 3.14. The number of hydrogen-bond donors (Lipinski definition) is 1. The molecule has 2 aromatic rings. The monoisotopic (exact) mass is 341 g/mol. The van der Waals surface area contributed by atoms with Crippen molar-refractivity contribution in [1.82, 2.24) is 14.3 Å². The third-order valence-electron chi connectivity index (χ3n) is 3.86. The van der Waals surface area contributed by atoms with Crippen molar-refractivity contribution in [3.8, 4) is 0 Å². The molecule has 124 valence electrons. The lowest BCUT2D eigenvalue weighted by molar-refractivity contribution is 0.420. The number of sulfonamides is 1. The zero-order valence-electron chi connectivity index (χ0n) is 12.6. The van der Waals surface area contributed by atoms with Gasteiger partial charge in [-0.05, 0) is 25.5 Å². The Labute approximate surface area is 133 Å². The van der Waals surface area contributed by atoms with E-state index in [-0.39, 0.29) is 6.04 Å². The largest absolute Gasteiger partial charge is 0.333 e. The van der Waals surface area contributed by atoms with E-state index < -0.39 is 33.0 Å². The number of halogens is 2. The Morgan fingerprint density at radius 3 is 2.74 bits per heavy atom. The van der Waals surface area contributed by atoms with Crippen molar-refractivity contribution in [2.75, 3.05) is 0 Å². The summed E-state index contributed by atoms with van der Waals surface area (Å²) in [5.74, 6) is -1.49. The highest BCUT2D eigenvalue weighted by Crippen LogP contribution is 2.18. The molecule has 1 aliphatic heterocycles. The summed E-state index contributed by atoms with van der Waals surface area (Å²) in [7, 11) is -3.84. The van der Waals surface area contributed by atoms with Gasteiger partial charge in [0.2, 0.25) is 10.0 Å². The fourth-order valence-corrected chi connectivity index (χ4v) is 4.28. The Morgan fingerprint density at radius 2 is 2.04 bits per heavy atom. The van der Waals surface area contributed by atoms with Crippen LogP contribution in [-0.4, -0.2) is 24.0 Å². The SMILES string of the molecule is Cc1cn2c(n1)CC[C@H](NS(=O)(=O)Cc1c(F)cccc1F)C2. The molecule has 0 unspecified atom stereocenters. The summed E-state index contributed by atoms with van der Waals surface area (Å²) < 4.78 is 56.1. The molecule has 2 heterocycles. The molecule has 1 N–H and O–H groups in total. The van der Waals surface area contributed by atoms with E-state index in [1.54, 1.807) is 0 Å². The van der Waals surface area contributed by atoms with E-state index in [1.165, 1.54) is 6.07 Å². The van der Waals surface area contributed by atoms with Gasteiger partial charge in [-0.3, -0.25) is 0 Å². The zero-order chi connectivity index (χ0) is 16.6. The Balaban J connectivity index is 1.72. The number of nitrogens with one attached hydrogen (secondary N) is 1. The van der Waals surface area contributed by atoms with Gasteiger partial charge < -0.3 is 4.57 Å². The maximum Gasteiger partial charge on any atom is 0.216 e. The van der Waals surface area contributed by atoms with Crippen LogP contribution in [0.1, 0.15) is 23.5 Å². The van der Waals surface area contributed by atoms with Crippen LogP contribution in [0.4, 0.5) is 8.78 Å². The number of nitrogens with zero attached hydrogens (tertiary/aromatic N) is 2. The van der Waals surface area contributed by atoms with E-state index in [2.05, 4.69) is 9.71 Å². The quantitative estimate of drug-likeness (QED) is 0.924. The third kappa shape index (κ3) is 3.59. The van der Waals surface area contributed by atoms with E-state index in [0.29, 0.717) is 19.4 Å². The van der Waals surface area contributed by atoms with Gasteiger partial charge in [0.05, 0.1) is 11.4 Å². The summed E-state index contributed by atoms with van der Waals surface area (Å²) in [6.45, 7) is 2.35. The molecule has 3 rings (SSSR count). The molecule has 0 saturated heterocycles. The normalized spacial score (nSPS) is 18.0. The minimum atomic E-state index is -3.84. The topological polar surface area (TPSA) is 64.0 Å². The third-order valence-corrected chi connectivity index (χ3v) is 5.22. The number of benzene rings is 1. The van der Waals surface area contributed by atoms with Crippen molar-refractivity contribution in [3.63, 3.8) is 0 Å². The lowest BCUT2D eigenvalue weighted by atomic mass is 10.1. The molecule has 0 fully saturated rings. The van der Waals surface area contributed by atoms with Crippen LogP contribution in [0, 0.1) is 18.6 Å². The molecule has 0 bridgehead atoms. The molecule has 8 heteroatoms. The highest BCUT2D eigenvalue weighted by atomic mass is 32.2. The molecule has 1 aliphatic rings. The van der Waals surface area contributed by atoms with Crippen molar-refractivity contribution in [3.05, 3.63) is 53.1 Å². The first-order chi connectivity index (χ1) is 10.8. The van der Waals surface area contributed by atoms with Gasteiger partial charge in [0.25, 0.3) is 0 Å². The Hall–Kier alpha value is -1.80. The number of imidazole rings is 1. The van der Waals surface area contributed by atoms with Crippen LogP contribution in [0.25, 0.3) is 0 Å². The van der Waals surface area contributed by atoms with Crippen LogP contribution in [0.15, 0.2) is 24.4 Å². The summed E-state index contributed by atoms with van der Waals surface area (Å²) in [5.41, 5.74) is 0.451. The van der Waals surface area contributed by atoms with E-state index in [0.717, 1.165) is 23.7 Å². The van der Waals surface area contributed by atoms with Gasteiger partial charge in [-0.15, -0.1) is 0 Å². The molecule has 0 aliphatic carbocycles. The van der Waals surface area contributed by atoms with Gasteiger partial charge in [0.15, 0.2) is 0 Å². The minimum absolute atomic E-state index is 0.309.